The van der Waals surface area contributed by atoms with E-state index in [1.165, 1.54) is 0 Å². The van der Waals surface area contributed by atoms with Crippen molar-refractivity contribution in [2.75, 3.05) is 5.32 Å². The highest BCUT2D eigenvalue weighted by molar-refractivity contribution is 6.04. The van der Waals surface area contributed by atoms with Crippen LogP contribution in [0.5, 0.6) is 0 Å². The Kier molecular flexibility index (Phi) is 3.31. The number of fused-ring (bicyclic) bond motifs is 1. The van der Waals surface area contributed by atoms with Crippen molar-refractivity contribution in [1.29, 1.82) is 0 Å². The molecule has 24 heavy (non-hydrogen) atoms. The van der Waals surface area contributed by atoms with E-state index in [9.17, 15) is 4.79 Å². The molecule has 0 unspecified atom stereocenters. The summed E-state index contributed by atoms with van der Waals surface area (Å²) < 4.78 is 3.48. The van der Waals surface area contributed by atoms with Crippen molar-refractivity contribution in [2.24, 2.45) is 0 Å². The molecular formula is C17H14N6O. The standard InChI is InChI=1S/C17H14N6O/c1-12-5-2-7-15-20-14(11-22(12)15)17(24)21-13-6-3-8-18-16(13)23-10-4-9-19-23/h2-11H,1H3,(H,21,24). The fourth-order valence-electron chi connectivity index (χ4n) is 2.52. The van der Waals surface area contributed by atoms with Crippen molar-refractivity contribution < 1.29 is 4.79 Å². The van der Waals surface area contributed by atoms with E-state index < -0.39 is 0 Å². The van der Waals surface area contributed by atoms with Crippen LogP contribution in [0.4, 0.5) is 5.69 Å². The van der Waals surface area contributed by atoms with Gasteiger partial charge in [-0.3, -0.25) is 4.79 Å². The molecule has 0 aromatic carbocycles. The van der Waals surface area contributed by atoms with Crippen molar-refractivity contribution in [3.63, 3.8) is 0 Å². The highest BCUT2D eigenvalue weighted by atomic mass is 16.1. The minimum atomic E-state index is -0.292. The molecule has 0 saturated carbocycles. The van der Waals surface area contributed by atoms with Gasteiger partial charge in [0.05, 0.1) is 5.69 Å². The van der Waals surface area contributed by atoms with Gasteiger partial charge in [0.25, 0.3) is 5.91 Å². The van der Waals surface area contributed by atoms with E-state index in [4.69, 9.17) is 0 Å². The van der Waals surface area contributed by atoms with E-state index in [1.54, 1.807) is 47.7 Å². The van der Waals surface area contributed by atoms with Gasteiger partial charge in [0.15, 0.2) is 5.82 Å². The first kappa shape index (κ1) is 14.1. The number of pyridine rings is 2. The molecule has 1 N–H and O–H groups in total. The van der Waals surface area contributed by atoms with Gasteiger partial charge in [0.1, 0.15) is 11.3 Å². The van der Waals surface area contributed by atoms with Crippen LogP contribution in [-0.2, 0) is 0 Å². The van der Waals surface area contributed by atoms with Gasteiger partial charge in [0, 0.05) is 30.5 Å². The number of carbonyl (C=O) groups is 1. The third kappa shape index (κ3) is 2.41. The van der Waals surface area contributed by atoms with Gasteiger partial charge in [-0.1, -0.05) is 6.07 Å². The Morgan fingerprint density at radius 1 is 1.12 bits per heavy atom. The Morgan fingerprint density at radius 2 is 2.04 bits per heavy atom. The van der Waals surface area contributed by atoms with E-state index >= 15 is 0 Å². The number of hydrogen-bond donors (Lipinski definition) is 1. The maximum atomic E-state index is 12.6. The van der Waals surface area contributed by atoms with Gasteiger partial charge in [-0.25, -0.2) is 14.6 Å². The molecule has 4 aromatic rings. The summed E-state index contributed by atoms with van der Waals surface area (Å²) in [5, 5.41) is 7.01. The van der Waals surface area contributed by atoms with Crippen molar-refractivity contribution in [3.05, 3.63) is 72.6 Å². The maximum Gasteiger partial charge on any atom is 0.275 e. The second-order valence-electron chi connectivity index (χ2n) is 5.30. The Hall–Kier alpha value is -3.48. The minimum absolute atomic E-state index is 0.292. The number of hydrogen-bond acceptors (Lipinski definition) is 4. The van der Waals surface area contributed by atoms with E-state index in [-0.39, 0.29) is 5.91 Å². The summed E-state index contributed by atoms with van der Waals surface area (Å²) in [6.07, 6.45) is 6.81. The molecule has 0 fully saturated rings. The molecule has 0 aliphatic heterocycles. The van der Waals surface area contributed by atoms with Gasteiger partial charge in [-0.15, -0.1) is 0 Å². The summed E-state index contributed by atoms with van der Waals surface area (Å²) in [6.45, 7) is 1.97. The smallest absolute Gasteiger partial charge is 0.275 e. The first-order chi connectivity index (χ1) is 11.7. The fraction of sp³-hybridized carbons (Fsp3) is 0.0588. The highest BCUT2D eigenvalue weighted by Gasteiger charge is 2.14. The van der Waals surface area contributed by atoms with Crippen LogP contribution in [0, 0.1) is 6.92 Å². The second kappa shape index (κ2) is 5.62. The van der Waals surface area contributed by atoms with Crippen LogP contribution in [0.3, 0.4) is 0 Å². The number of aryl methyl sites for hydroxylation is 1. The van der Waals surface area contributed by atoms with Gasteiger partial charge >= 0.3 is 0 Å². The molecule has 0 radical (unpaired) electrons. The number of carbonyl (C=O) groups excluding carboxylic acids is 1. The monoisotopic (exact) mass is 318 g/mol. The summed E-state index contributed by atoms with van der Waals surface area (Å²) in [7, 11) is 0. The highest BCUT2D eigenvalue weighted by Crippen LogP contribution is 2.17. The average Bonchev–Trinajstić information content (AvgIpc) is 3.25. The zero-order valence-corrected chi connectivity index (χ0v) is 12.9. The molecule has 1 amide bonds. The number of aromatic nitrogens is 5. The predicted molar refractivity (Wildman–Crippen MR) is 89.2 cm³/mol. The average molecular weight is 318 g/mol. The first-order valence-corrected chi connectivity index (χ1v) is 7.43. The normalized spacial score (nSPS) is 10.9. The zero-order chi connectivity index (χ0) is 16.5. The molecule has 0 atom stereocenters. The van der Waals surface area contributed by atoms with Crippen LogP contribution in [-0.4, -0.2) is 30.1 Å². The van der Waals surface area contributed by atoms with Crippen LogP contribution in [0.2, 0.25) is 0 Å². The van der Waals surface area contributed by atoms with Crippen molar-refractivity contribution in [2.45, 2.75) is 6.92 Å². The number of amides is 1. The quantitative estimate of drug-likeness (QED) is 0.629. The fourth-order valence-corrected chi connectivity index (χ4v) is 2.52. The largest absolute Gasteiger partial charge is 0.317 e. The SMILES string of the molecule is Cc1cccc2nc(C(=O)Nc3cccnc3-n3cccn3)cn12. The maximum absolute atomic E-state index is 12.6. The molecule has 0 bridgehead atoms. The van der Waals surface area contributed by atoms with E-state index in [1.807, 2.05) is 29.5 Å². The number of nitrogens with zero attached hydrogens (tertiary/aromatic N) is 5. The van der Waals surface area contributed by atoms with Crippen molar-refractivity contribution in [1.82, 2.24) is 24.1 Å². The molecule has 4 rings (SSSR count). The number of imidazole rings is 1. The summed E-state index contributed by atoms with van der Waals surface area (Å²) in [6, 6.07) is 11.1. The Balaban J connectivity index is 1.68. The molecule has 4 aromatic heterocycles. The molecule has 0 saturated heterocycles. The summed E-state index contributed by atoms with van der Waals surface area (Å²) in [5.41, 5.74) is 2.66. The number of nitrogens with one attached hydrogen (secondary N) is 1. The predicted octanol–water partition coefficient (Wildman–Crippen LogP) is 2.48. The molecule has 0 aliphatic carbocycles. The first-order valence-electron chi connectivity index (χ1n) is 7.43. The topological polar surface area (TPSA) is 77.1 Å². The molecule has 0 spiro atoms. The molecule has 7 heteroatoms. The van der Waals surface area contributed by atoms with Gasteiger partial charge in [-0.2, -0.15) is 5.10 Å². The summed E-state index contributed by atoms with van der Waals surface area (Å²) in [5.74, 6) is 0.260. The lowest BCUT2D eigenvalue weighted by atomic mass is 10.3. The number of rotatable bonds is 3. The third-order valence-corrected chi connectivity index (χ3v) is 3.68. The van der Waals surface area contributed by atoms with Gasteiger partial charge < -0.3 is 9.72 Å². The van der Waals surface area contributed by atoms with Crippen molar-refractivity contribution in [3.8, 4) is 5.82 Å². The Labute approximate surface area is 137 Å². The van der Waals surface area contributed by atoms with Gasteiger partial charge in [-0.05, 0) is 37.3 Å². The van der Waals surface area contributed by atoms with E-state index in [0.29, 0.717) is 17.2 Å². The van der Waals surface area contributed by atoms with E-state index in [2.05, 4.69) is 20.4 Å². The molecule has 118 valence electrons. The Bertz CT molecular complexity index is 1020. The second-order valence-corrected chi connectivity index (χ2v) is 5.30. The molecular weight excluding hydrogens is 304 g/mol. The molecule has 0 aliphatic rings. The summed E-state index contributed by atoms with van der Waals surface area (Å²) in [4.78, 5) is 21.2. The minimum Gasteiger partial charge on any atom is -0.317 e. The van der Waals surface area contributed by atoms with Crippen LogP contribution in [0.25, 0.3) is 11.5 Å². The lowest BCUT2D eigenvalue weighted by Crippen LogP contribution is -2.15. The van der Waals surface area contributed by atoms with Crippen LogP contribution >= 0.6 is 0 Å². The van der Waals surface area contributed by atoms with Crippen molar-refractivity contribution >= 4 is 17.2 Å². The van der Waals surface area contributed by atoms with Crippen LogP contribution in [0.15, 0.2) is 61.2 Å². The zero-order valence-electron chi connectivity index (χ0n) is 12.9. The molecule has 4 heterocycles. The summed E-state index contributed by atoms with van der Waals surface area (Å²) >= 11 is 0. The number of anilines is 1. The molecule has 7 nitrogen and oxygen atoms in total. The third-order valence-electron chi connectivity index (χ3n) is 3.68. The van der Waals surface area contributed by atoms with Gasteiger partial charge in [0.2, 0.25) is 0 Å². The van der Waals surface area contributed by atoms with Crippen LogP contribution < -0.4 is 5.32 Å². The Morgan fingerprint density at radius 3 is 2.83 bits per heavy atom. The van der Waals surface area contributed by atoms with E-state index in [0.717, 1.165) is 11.3 Å². The lowest BCUT2D eigenvalue weighted by molar-refractivity contribution is 0.102. The lowest BCUT2D eigenvalue weighted by Gasteiger charge is -2.08. The van der Waals surface area contributed by atoms with Crippen LogP contribution in [0.1, 0.15) is 16.2 Å².